The maximum absolute atomic E-state index is 12.6. The summed E-state index contributed by atoms with van der Waals surface area (Å²) in [6.45, 7) is 2.20. The predicted octanol–water partition coefficient (Wildman–Crippen LogP) is 3.35. The number of hydrogen-bond donors (Lipinski definition) is 0. The molecule has 1 saturated heterocycles. The normalized spacial score (nSPS) is 18.2. The van der Waals surface area contributed by atoms with Crippen LogP contribution in [-0.2, 0) is 10.0 Å². The molecule has 1 fully saturated rings. The number of sulfonamides is 1. The van der Waals surface area contributed by atoms with Crippen molar-refractivity contribution >= 4 is 27.6 Å². The third-order valence-electron chi connectivity index (χ3n) is 4.58. The Kier molecular flexibility index (Phi) is 5.50. The number of benzene rings is 1. The molecule has 6 nitrogen and oxygen atoms in total. The van der Waals surface area contributed by atoms with E-state index in [4.69, 9.17) is 16.6 Å². The Hall–Kier alpha value is -1.70. The van der Waals surface area contributed by atoms with E-state index in [-0.39, 0.29) is 11.8 Å². The fourth-order valence-electron chi connectivity index (χ4n) is 3.25. The Morgan fingerprint density at radius 3 is 2.77 bits per heavy atom. The van der Waals surface area contributed by atoms with Crippen LogP contribution in [0.3, 0.4) is 0 Å². The first-order valence-electron chi connectivity index (χ1n) is 8.63. The third kappa shape index (κ3) is 3.70. The summed E-state index contributed by atoms with van der Waals surface area (Å²) in [6, 6.07) is 7.19. The lowest BCUT2D eigenvalue weighted by Crippen LogP contribution is -2.32. The van der Waals surface area contributed by atoms with E-state index in [2.05, 4.69) is 4.98 Å². The first kappa shape index (κ1) is 19.1. The van der Waals surface area contributed by atoms with Crippen LogP contribution in [0, 0.1) is 0 Å². The SMILES string of the molecule is CCS(=O)(=O)N1CCCC1c1nc(N(C)C)ncc1-c1cccc(Cl)c1. The quantitative estimate of drug-likeness (QED) is 0.777. The van der Waals surface area contributed by atoms with Crippen LogP contribution in [-0.4, -0.2) is 49.1 Å². The van der Waals surface area contributed by atoms with Gasteiger partial charge in [-0.15, -0.1) is 0 Å². The predicted molar refractivity (Wildman–Crippen MR) is 105 cm³/mol. The Morgan fingerprint density at radius 1 is 1.35 bits per heavy atom. The van der Waals surface area contributed by atoms with Crippen LogP contribution in [0.2, 0.25) is 5.02 Å². The topological polar surface area (TPSA) is 66.4 Å². The van der Waals surface area contributed by atoms with Crippen molar-refractivity contribution in [3.8, 4) is 11.1 Å². The lowest BCUT2D eigenvalue weighted by atomic mass is 10.0. The van der Waals surface area contributed by atoms with Gasteiger partial charge in [-0.05, 0) is 37.5 Å². The Labute approximate surface area is 159 Å². The molecule has 0 aliphatic carbocycles. The van der Waals surface area contributed by atoms with E-state index >= 15 is 0 Å². The summed E-state index contributed by atoms with van der Waals surface area (Å²) in [5.74, 6) is 0.647. The van der Waals surface area contributed by atoms with Gasteiger partial charge in [0.15, 0.2) is 0 Å². The van der Waals surface area contributed by atoms with Gasteiger partial charge in [0.1, 0.15) is 0 Å². The maximum Gasteiger partial charge on any atom is 0.225 e. The molecule has 0 N–H and O–H groups in total. The van der Waals surface area contributed by atoms with E-state index in [9.17, 15) is 8.42 Å². The molecule has 1 aliphatic rings. The summed E-state index contributed by atoms with van der Waals surface area (Å²) in [5.41, 5.74) is 2.44. The lowest BCUT2D eigenvalue weighted by molar-refractivity contribution is 0.391. The molecule has 0 radical (unpaired) electrons. The average molecular weight is 395 g/mol. The molecule has 0 spiro atoms. The molecule has 1 aromatic heterocycles. The molecule has 1 aliphatic heterocycles. The van der Waals surface area contributed by atoms with Crippen molar-refractivity contribution in [3.05, 3.63) is 41.2 Å². The van der Waals surface area contributed by atoms with Crippen molar-refractivity contribution in [2.24, 2.45) is 0 Å². The molecule has 1 unspecified atom stereocenters. The summed E-state index contributed by atoms with van der Waals surface area (Å²) in [6.07, 6.45) is 3.33. The van der Waals surface area contributed by atoms with Crippen LogP contribution in [0.1, 0.15) is 31.5 Å². The highest BCUT2D eigenvalue weighted by atomic mass is 35.5. The van der Waals surface area contributed by atoms with Gasteiger partial charge < -0.3 is 4.90 Å². The summed E-state index contributed by atoms with van der Waals surface area (Å²) in [5, 5.41) is 0.620. The first-order chi connectivity index (χ1) is 12.3. The Balaban J connectivity index is 2.16. The molecular weight excluding hydrogens is 372 g/mol. The van der Waals surface area contributed by atoms with Crippen molar-refractivity contribution in [3.63, 3.8) is 0 Å². The zero-order valence-corrected chi connectivity index (χ0v) is 16.8. The van der Waals surface area contributed by atoms with Crippen molar-refractivity contribution < 1.29 is 8.42 Å². The first-order valence-corrected chi connectivity index (χ1v) is 10.6. The summed E-state index contributed by atoms with van der Waals surface area (Å²) < 4.78 is 26.7. The van der Waals surface area contributed by atoms with Crippen molar-refractivity contribution in [1.82, 2.24) is 14.3 Å². The molecule has 8 heteroatoms. The van der Waals surface area contributed by atoms with Gasteiger partial charge in [-0.25, -0.2) is 18.4 Å². The molecule has 0 amide bonds. The summed E-state index contributed by atoms with van der Waals surface area (Å²) >= 11 is 6.16. The molecule has 1 aromatic carbocycles. The van der Waals surface area contributed by atoms with E-state index in [0.717, 1.165) is 29.7 Å². The van der Waals surface area contributed by atoms with Crippen LogP contribution in [0.4, 0.5) is 5.95 Å². The van der Waals surface area contributed by atoms with Crippen LogP contribution in [0.25, 0.3) is 11.1 Å². The van der Waals surface area contributed by atoms with Crippen molar-refractivity contribution in [1.29, 1.82) is 0 Å². The van der Waals surface area contributed by atoms with E-state index in [1.165, 1.54) is 0 Å². The molecule has 0 bridgehead atoms. The minimum absolute atomic E-state index is 0.0849. The molecule has 26 heavy (non-hydrogen) atoms. The van der Waals surface area contributed by atoms with Gasteiger partial charge in [0.2, 0.25) is 16.0 Å². The standard InChI is InChI=1S/C18H23ClN4O2S/c1-4-26(24,25)23-10-6-9-16(23)17-15(12-20-18(21-17)22(2)3)13-7-5-8-14(19)11-13/h5,7-8,11-12,16H,4,6,9-10H2,1-3H3. The minimum Gasteiger partial charge on any atom is -0.347 e. The largest absolute Gasteiger partial charge is 0.347 e. The molecular formula is C18H23ClN4O2S. The van der Waals surface area contributed by atoms with Crippen LogP contribution >= 0.6 is 11.6 Å². The number of rotatable bonds is 5. The van der Waals surface area contributed by atoms with Crippen LogP contribution in [0.15, 0.2) is 30.5 Å². The number of hydrogen-bond acceptors (Lipinski definition) is 5. The lowest BCUT2D eigenvalue weighted by Gasteiger charge is -2.25. The van der Waals surface area contributed by atoms with Gasteiger partial charge in [-0.1, -0.05) is 23.7 Å². The van der Waals surface area contributed by atoms with E-state index < -0.39 is 10.0 Å². The van der Waals surface area contributed by atoms with Gasteiger partial charge in [0, 0.05) is 37.4 Å². The zero-order chi connectivity index (χ0) is 18.9. The second-order valence-corrected chi connectivity index (χ2v) is 9.19. The number of nitrogens with zero attached hydrogens (tertiary/aromatic N) is 4. The molecule has 3 rings (SSSR count). The van der Waals surface area contributed by atoms with E-state index in [1.54, 1.807) is 17.4 Å². The highest BCUT2D eigenvalue weighted by Gasteiger charge is 2.36. The van der Waals surface area contributed by atoms with E-state index in [1.807, 2.05) is 43.3 Å². The van der Waals surface area contributed by atoms with Gasteiger partial charge >= 0.3 is 0 Å². The highest BCUT2D eigenvalue weighted by Crippen LogP contribution is 2.39. The monoisotopic (exact) mass is 394 g/mol. The number of aromatic nitrogens is 2. The fraction of sp³-hybridized carbons (Fsp3) is 0.444. The molecule has 140 valence electrons. The number of anilines is 1. The Bertz CT molecular complexity index is 902. The number of halogens is 1. The van der Waals surface area contributed by atoms with Crippen molar-refractivity contribution in [2.75, 3.05) is 31.3 Å². The molecule has 1 atom stereocenters. The Morgan fingerprint density at radius 2 is 2.12 bits per heavy atom. The molecule has 2 heterocycles. The average Bonchev–Trinajstić information content (AvgIpc) is 3.11. The zero-order valence-electron chi connectivity index (χ0n) is 15.2. The summed E-state index contributed by atoms with van der Waals surface area (Å²) in [7, 11) is 0.435. The third-order valence-corrected chi connectivity index (χ3v) is 6.70. The molecule has 2 aromatic rings. The smallest absolute Gasteiger partial charge is 0.225 e. The minimum atomic E-state index is -3.30. The maximum atomic E-state index is 12.6. The van der Waals surface area contributed by atoms with E-state index in [0.29, 0.717) is 17.5 Å². The second kappa shape index (κ2) is 7.50. The van der Waals surface area contributed by atoms with Gasteiger partial charge in [-0.3, -0.25) is 0 Å². The fourth-order valence-corrected chi connectivity index (χ4v) is 4.77. The second-order valence-electron chi connectivity index (χ2n) is 6.54. The van der Waals surface area contributed by atoms with Gasteiger partial charge in [-0.2, -0.15) is 4.31 Å². The van der Waals surface area contributed by atoms with Crippen LogP contribution < -0.4 is 4.90 Å². The highest BCUT2D eigenvalue weighted by molar-refractivity contribution is 7.89. The van der Waals surface area contributed by atoms with Gasteiger partial charge in [0.25, 0.3) is 0 Å². The van der Waals surface area contributed by atoms with Crippen molar-refractivity contribution in [2.45, 2.75) is 25.8 Å². The van der Waals surface area contributed by atoms with Gasteiger partial charge in [0.05, 0.1) is 17.5 Å². The summed E-state index contributed by atoms with van der Waals surface area (Å²) in [4.78, 5) is 11.0. The van der Waals surface area contributed by atoms with Crippen LogP contribution in [0.5, 0.6) is 0 Å². The molecule has 0 saturated carbocycles.